The molecule has 0 saturated carbocycles. The van der Waals surface area contributed by atoms with Crippen LogP contribution in [0.1, 0.15) is 16.0 Å². The van der Waals surface area contributed by atoms with Crippen molar-refractivity contribution in [3.63, 3.8) is 0 Å². The molecule has 2 N–H and O–H groups in total. The van der Waals surface area contributed by atoms with E-state index in [1.165, 1.54) is 16.0 Å². The molecule has 19 heavy (non-hydrogen) atoms. The quantitative estimate of drug-likeness (QED) is 0.885. The number of benzene rings is 1. The van der Waals surface area contributed by atoms with E-state index in [2.05, 4.69) is 53.6 Å². The van der Waals surface area contributed by atoms with E-state index < -0.39 is 0 Å². The van der Waals surface area contributed by atoms with Crippen LogP contribution >= 0.6 is 23.7 Å². The molecule has 0 aliphatic heterocycles. The lowest BCUT2D eigenvalue weighted by Gasteiger charge is -2.21. The molecule has 1 aromatic heterocycles. The Hall–Kier alpha value is -0.870. The first-order valence-electron chi connectivity index (χ1n) is 6.29. The summed E-state index contributed by atoms with van der Waals surface area (Å²) in [5.41, 5.74) is 8.44. The van der Waals surface area contributed by atoms with Crippen molar-refractivity contribution in [2.24, 2.45) is 5.73 Å². The standard InChI is InChI=1S/C15H20N2S.ClH/c1-13-7-10-18-15(13)12-17(9-8-16)11-14-5-3-2-4-6-14;/h2-7,10H,8-9,11-12,16H2,1H3;1H. The summed E-state index contributed by atoms with van der Waals surface area (Å²) in [5.74, 6) is 0. The van der Waals surface area contributed by atoms with Crippen LogP contribution in [0.3, 0.4) is 0 Å². The third kappa shape index (κ3) is 4.96. The monoisotopic (exact) mass is 296 g/mol. The Bertz CT molecular complexity index is 470. The number of rotatable bonds is 6. The molecule has 0 spiro atoms. The zero-order valence-corrected chi connectivity index (χ0v) is 12.8. The van der Waals surface area contributed by atoms with Crippen LogP contribution in [0, 0.1) is 6.92 Å². The van der Waals surface area contributed by atoms with E-state index in [1.807, 2.05) is 11.3 Å². The number of hydrogen-bond donors (Lipinski definition) is 1. The maximum Gasteiger partial charge on any atom is 0.0334 e. The van der Waals surface area contributed by atoms with Crippen LogP contribution < -0.4 is 5.73 Å². The molecule has 4 heteroatoms. The molecule has 1 heterocycles. The predicted octanol–water partition coefficient (Wildman–Crippen LogP) is 3.44. The molecular formula is C15H21ClN2S. The molecule has 2 aromatic rings. The summed E-state index contributed by atoms with van der Waals surface area (Å²) in [6.45, 7) is 5.78. The Morgan fingerprint density at radius 3 is 2.42 bits per heavy atom. The number of thiophene rings is 1. The van der Waals surface area contributed by atoms with Crippen LogP contribution in [-0.4, -0.2) is 18.0 Å². The van der Waals surface area contributed by atoms with Crippen molar-refractivity contribution in [2.45, 2.75) is 20.0 Å². The lowest BCUT2D eigenvalue weighted by molar-refractivity contribution is 0.266. The zero-order chi connectivity index (χ0) is 12.8. The van der Waals surface area contributed by atoms with Crippen LogP contribution in [0.4, 0.5) is 0 Å². The Morgan fingerprint density at radius 1 is 1.11 bits per heavy atom. The number of halogens is 1. The minimum absolute atomic E-state index is 0. The highest BCUT2D eigenvalue weighted by molar-refractivity contribution is 7.10. The third-order valence-corrected chi connectivity index (χ3v) is 4.04. The van der Waals surface area contributed by atoms with Gasteiger partial charge in [0, 0.05) is 31.1 Å². The van der Waals surface area contributed by atoms with E-state index in [0.717, 1.165) is 19.6 Å². The first-order chi connectivity index (χ1) is 8.79. The number of nitrogens with zero attached hydrogens (tertiary/aromatic N) is 1. The van der Waals surface area contributed by atoms with Crippen molar-refractivity contribution >= 4 is 23.7 Å². The van der Waals surface area contributed by atoms with Crippen molar-refractivity contribution < 1.29 is 0 Å². The second kappa shape index (κ2) is 8.33. The van der Waals surface area contributed by atoms with Crippen LogP contribution in [-0.2, 0) is 13.1 Å². The molecule has 1 aromatic carbocycles. The average molecular weight is 297 g/mol. The number of hydrogen-bond acceptors (Lipinski definition) is 3. The van der Waals surface area contributed by atoms with Gasteiger partial charge in [0.1, 0.15) is 0 Å². The summed E-state index contributed by atoms with van der Waals surface area (Å²) in [7, 11) is 0. The second-order valence-corrected chi connectivity index (χ2v) is 5.51. The van der Waals surface area contributed by atoms with Gasteiger partial charge in [-0.05, 0) is 29.5 Å². The van der Waals surface area contributed by atoms with Gasteiger partial charge in [-0.3, -0.25) is 4.90 Å². The fraction of sp³-hybridized carbons (Fsp3) is 0.333. The number of aryl methyl sites for hydroxylation is 1. The Kier molecular flexibility index (Phi) is 7.10. The molecule has 0 aliphatic carbocycles. The molecular weight excluding hydrogens is 276 g/mol. The molecule has 2 nitrogen and oxygen atoms in total. The second-order valence-electron chi connectivity index (χ2n) is 4.51. The van der Waals surface area contributed by atoms with Crippen LogP contribution in [0.5, 0.6) is 0 Å². The summed E-state index contributed by atoms with van der Waals surface area (Å²) < 4.78 is 0. The van der Waals surface area contributed by atoms with Crippen LogP contribution in [0.2, 0.25) is 0 Å². The molecule has 0 fully saturated rings. The van der Waals surface area contributed by atoms with E-state index in [-0.39, 0.29) is 12.4 Å². The van der Waals surface area contributed by atoms with Crippen molar-refractivity contribution in [1.82, 2.24) is 4.90 Å². The lowest BCUT2D eigenvalue weighted by atomic mass is 10.2. The minimum atomic E-state index is 0. The normalized spacial score (nSPS) is 10.5. The first kappa shape index (κ1) is 16.2. The largest absolute Gasteiger partial charge is 0.329 e. The van der Waals surface area contributed by atoms with Crippen LogP contribution in [0.25, 0.3) is 0 Å². The first-order valence-corrected chi connectivity index (χ1v) is 7.17. The molecule has 0 amide bonds. The highest BCUT2D eigenvalue weighted by Crippen LogP contribution is 2.18. The fourth-order valence-corrected chi connectivity index (χ4v) is 2.95. The maximum absolute atomic E-state index is 5.71. The van der Waals surface area contributed by atoms with Gasteiger partial charge in [-0.15, -0.1) is 23.7 Å². The molecule has 0 bridgehead atoms. The highest BCUT2D eigenvalue weighted by Gasteiger charge is 2.08. The highest BCUT2D eigenvalue weighted by atomic mass is 35.5. The minimum Gasteiger partial charge on any atom is -0.329 e. The van der Waals surface area contributed by atoms with E-state index >= 15 is 0 Å². The van der Waals surface area contributed by atoms with Crippen LogP contribution in [0.15, 0.2) is 41.8 Å². The third-order valence-electron chi connectivity index (χ3n) is 3.03. The van der Waals surface area contributed by atoms with E-state index in [1.54, 1.807) is 0 Å². The van der Waals surface area contributed by atoms with Crippen molar-refractivity contribution in [3.8, 4) is 0 Å². The molecule has 0 aliphatic rings. The van der Waals surface area contributed by atoms with Crippen molar-refractivity contribution in [3.05, 3.63) is 57.8 Å². The van der Waals surface area contributed by atoms with Gasteiger partial charge in [0.05, 0.1) is 0 Å². The van der Waals surface area contributed by atoms with Gasteiger partial charge >= 0.3 is 0 Å². The maximum atomic E-state index is 5.71. The Labute approximate surface area is 125 Å². The van der Waals surface area contributed by atoms with E-state index in [4.69, 9.17) is 5.73 Å². The van der Waals surface area contributed by atoms with Gasteiger partial charge < -0.3 is 5.73 Å². The SMILES string of the molecule is Cc1ccsc1CN(CCN)Cc1ccccc1.Cl. The zero-order valence-electron chi connectivity index (χ0n) is 11.2. The predicted molar refractivity (Wildman–Crippen MR) is 85.9 cm³/mol. The summed E-state index contributed by atoms with van der Waals surface area (Å²) >= 11 is 1.83. The van der Waals surface area contributed by atoms with Gasteiger partial charge in [-0.2, -0.15) is 0 Å². The van der Waals surface area contributed by atoms with Gasteiger partial charge in [-0.25, -0.2) is 0 Å². The summed E-state index contributed by atoms with van der Waals surface area (Å²) in [5, 5.41) is 2.16. The summed E-state index contributed by atoms with van der Waals surface area (Å²) in [6.07, 6.45) is 0. The smallest absolute Gasteiger partial charge is 0.0334 e. The molecule has 0 saturated heterocycles. The summed E-state index contributed by atoms with van der Waals surface area (Å²) in [4.78, 5) is 3.85. The molecule has 0 unspecified atom stereocenters. The van der Waals surface area contributed by atoms with Gasteiger partial charge in [0.2, 0.25) is 0 Å². The average Bonchev–Trinajstić information content (AvgIpc) is 2.77. The van der Waals surface area contributed by atoms with Gasteiger partial charge in [-0.1, -0.05) is 30.3 Å². The van der Waals surface area contributed by atoms with Crippen molar-refractivity contribution in [1.29, 1.82) is 0 Å². The Balaban J connectivity index is 0.00000180. The topological polar surface area (TPSA) is 29.3 Å². The van der Waals surface area contributed by atoms with Gasteiger partial charge in [0.25, 0.3) is 0 Å². The van der Waals surface area contributed by atoms with E-state index in [9.17, 15) is 0 Å². The lowest BCUT2D eigenvalue weighted by Crippen LogP contribution is -2.28. The molecule has 0 atom stereocenters. The van der Waals surface area contributed by atoms with E-state index in [0.29, 0.717) is 6.54 Å². The Morgan fingerprint density at radius 2 is 1.84 bits per heavy atom. The molecule has 0 radical (unpaired) electrons. The van der Waals surface area contributed by atoms with Crippen molar-refractivity contribution in [2.75, 3.05) is 13.1 Å². The molecule has 104 valence electrons. The number of nitrogens with two attached hydrogens (primary N) is 1. The van der Waals surface area contributed by atoms with Gasteiger partial charge in [0.15, 0.2) is 0 Å². The fourth-order valence-electron chi connectivity index (χ4n) is 2.01. The summed E-state index contributed by atoms with van der Waals surface area (Å²) in [6, 6.07) is 12.8. The molecule has 2 rings (SSSR count).